The van der Waals surface area contributed by atoms with Crippen molar-refractivity contribution in [3.63, 3.8) is 0 Å². The zero-order valence-electron chi connectivity index (χ0n) is 16.5. The average Bonchev–Trinajstić information content (AvgIpc) is 3.17. The fourth-order valence-corrected chi connectivity index (χ4v) is 3.61. The molecule has 7 heteroatoms. The molecule has 4 rings (SSSR count). The van der Waals surface area contributed by atoms with Gasteiger partial charge in [-0.05, 0) is 43.2 Å². The first kappa shape index (κ1) is 19.0. The molecule has 2 unspecified atom stereocenters. The molecule has 2 N–H and O–H groups in total. The summed E-state index contributed by atoms with van der Waals surface area (Å²) in [4.78, 5) is 26.8. The van der Waals surface area contributed by atoms with Crippen LogP contribution in [0.25, 0.3) is 0 Å². The number of nitrogens with one attached hydrogen (secondary N) is 2. The lowest BCUT2D eigenvalue weighted by molar-refractivity contribution is -0.137. The molecule has 0 radical (unpaired) electrons. The third-order valence-electron chi connectivity index (χ3n) is 5.24. The van der Waals surface area contributed by atoms with Crippen LogP contribution in [-0.4, -0.2) is 41.4 Å². The second-order valence-electron chi connectivity index (χ2n) is 7.29. The van der Waals surface area contributed by atoms with Gasteiger partial charge in [0.25, 0.3) is 5.91 Å². The number of hydrazine groups is 1. The molecule has 2 aliphatic rings. The first-order chi connectivity index (χ1) is 14.0. The Morgan fingerprint density at radius 3 is 2.55 bits per heavy atom. The average molecular weight is 392 g/mol. The van der Waals surface area contributed by atoms with Gasteiger partial charge in [0.15, 0.2) is 0 Å². The Kier molecular flexibility index (Phi) is 5.22. The number of rotatable bonds is 5. The molecule has 0 bridgehead atoms. The molecule has 2 aromatic rings. The number of methoxy groups -OCH3 is 1. The van der Waals surface area contributed by atoms with Crippen LogP contribution < -0.4 is 15.5 Å². The molecule has 0 saturated carbocycles. The Balaban J connectivity index is 1.38. The van der Waals surface area contributed by atoms with Crippen LogP contribution in [0.4, 0.5) is 5.69 Å². The van der Waals surface area contributed by atoms with Gasteiger partial charge in [-0.15, -0.1) is 0 Å². The number of carbonyl (C=O) groups is 2. The summed E-state index contributed by atoms with van der Waals surface area (Å²) >= 11 is 0. The minimum Gasteiger partial charge on any atom is -0.497 e. The van der Waals surface area contributed by atoms with Crippen molar-refractivity contribution in [2.75, 3.05) is 19.0 Å². The van der Waals surface area contributed by atoms with Gasteiger partial charge in [0.1, 0.15) is 18.3 Å². The van der Waals surface area contributed by atoms with Gasteiger partial charge in [-0.1, -0.05) is 29.8 Å². The normalized spacial score (nSPS) is 20.6. The first-order valence-corrected chi connectivity index (χ1v) is 9.57. The lowest BCUT2D eigenvalue weighted by Crippen LogP contribution is -2.49. The summed E-state index contributed by atoms with van der Waals surface area (Å²) in [7, 11) is 1.64. The van der Waals surface area contributed by atoms with E-state index in [1.54, 1.807) is 13.3 Å². The quantitative estimate of drug-likeness (QED) is 0.818. The van der Waals surface area contributed by atoms with E-state index in [1.165, 1.54) is 4.90 Å². The summed E-state index contributed by atoms with van der Waals surface area (Å²) in [6.07, 6.45) is 4.09. The van der Waals surface area contributed by atoms with Crippen molar-refractivity contribution in [2.24, 2.45) is 0 Å². The van der Waals surface area contributed by atoms with Crippen LogP contribution in [0.2, 0.25) is 0 Å². The van der Waals surface area contributed by atoms with Crippen molar-refractivity contribution in [1.29, 1.82) is 0 Å². The zero-order valence-corrected chi connectivity index (χ0v) is 16.5. The van der Waals surface area contributed by atoms with Gasteiger partial charge in [-0.3, -0.25) is 9.59 Å². The van der Waals surface area contributed by atoms with Crippen molar-refractivity contribution < 1.29 is 14.3 Å². The molecular weight excluding hydrogens is 368 g/mol. The van der Waals surface area contributed by atoms with Crippen molar-refractivity contribution in [2.45, 2.75) is 25.4 Å². The molecule has 150 valence electrons. The number of amides is 2. The van der Waals surface area contributed by atoms with Crippen LogP contribution >= 0.6 is 0 Å². The van der Waals surface area contributed by atoms with Gasteiger partial charge in [-0.25, -0.2) is 5.43 Å². The second kappa shape index (κ2) is 7.97. The van der Waals surface area contributed by atoms with E-state index in [9.17, 15) is 9.59 Å². The van der Waals surface area contributed by atoms with Gasteiger partial charge in [0.2, 0.25) is 5.91 Å². The maximum absolute atomic E-state index is 12.9. The summed E-state index contributed by atoms with van der Waals surface area (Å²) in [6.45, 7) is 1.98. The minimum atomic E-state index is -0.334. The SMILES string of the molecule is COc1ccc(C2CC3C(=O)N(CC(=O)Nc4ccc(C)cc4)C=CN3N2)cc1. The number of fused-ring (bicyclic) bond motifs is 1. The molecule has 2 aromatic carbocycles. The Bertz CT molecular complexity index is 924. The third-order valence-corrected chi connectivity index (χ3v) is 5.24. The Morgan fingerprint density at radius 1 is 1.14 bits per heavy atom. The van der Waals surface area contributed by atoms with Gasteiger partial charge in [0, 0.05) is 18.1 Å². The van der Waals surface area contributed by atoms with E-state index in [-0.39, 0.29) is 30.4 Å². The van der Waals surface area contributed by atoms with Crippen LogP contribution in [-0.2, 0) is 9.59 Å². The molecule has 29 heavy (non-hydrogen) atoms. The third kappa shape index (κ3) is 4.09. The maximum Gasteiger partial charge on any atom is 0.251 e. The summed E-state index contributed by atoms with van der Waals surface area (Å²) < 4.78 is 5.20. The fraction of sp³-hybridized carbons (Fsp3) is 0.273. The molecule has 0 aromatic heterocycles. The number of aryl methyl sites for hydroxylation is 1. The van der Waals surface area contributed by atoms with E-state index >= 15 is 0 Å². The Labute approximate surface area is 169 Å². The summed E-state index contributed by atoms with van der Waals surface area (Å²) in [6, 6.07) is 15.1. The standard InChI is InChI=1S/C22H24N4O3/c1-15-3-7-17(8-4-15)23-21(27)14-25-11-12-26-20(22(25)28)13-19(24-26)16-5-9-18(29-2)10-6-16/h3-12,19-20,24H,13-14H2,1-2H3,(H,23,27). The van der Waals surface area contributed by atoms with Crippen LogP contribution in [0.3, 0.4) is 0 Å². The van der Waals surface area contributed by atoms with Gasteiger partial charge in [0.05, 0.1) is 13.2 Å². The monoisotopic (exact) mass is 392 g/mol. The van der Waals surface area contributed by atoms with E-state index < -0.39 is 0 Å². The molecule has 1 saturated heterocycles. The van der Waals surface area contributed by atoms with Gasteiger partial charge < -0.3 is 20.0 Å². The summed E-state index contributed by atoms with van der Waals surface area (Å²) in [5.74, 6) is 0.485. The molecule has 2 atom stereocenters. The van der Waals surface area contributed by atoms with Crippen LogP contribution in [0.5, 0.6) is 5.75 Å². The number of hydrogen-bond acceptors (Lipinski definition) is 5. The lowest BCUT2D eigenvalue weighted by Gasteiger charge is -2.31. The highest BCUT2D eigenvalue weighted by atomic mass is 16.5. The van der Waals surface area contributed by atoms with Crippen molar-refractivity contribution >= 4 is 17.5 Å². The highest BCUT2D eigenvalue weighted by Gasteiger charge is 2.40. The number of carbonyl (C=O) groups excluding carboxylic acids is 2. The summed E-state index contributed by atoms with van der Waals surface area (Å²) in [5, 5.41) is 4.66. The molecular formula is C22H24N4O3. The van der Waals surface area contributed by atoms with E-state index in [2.05, 4.69) is 10.7 Å². The van der Waals surface area contributed by atoms with Crippen molar-refractivity contribution in [1.82, 2.24) is 15.3 Å². The highest BCUT2D eigenvalue weighted by Crippen LogP contribution is 2.31. The van der Waals surface area contributed by atoms with Crippen LogP contribution in [0.1, 0.15) is 23.6 Å². The topological polar surface area (TPSA) is 73.9 Å². The Hall–Kier alpha value is -3.32. The molecule has 2 heterocycles. The number of benzene rings is 2. The van der Waals surface area contributed by atoms with Crippen molar-refractivity contribution in [3.05, 3.63) is 72.1 Å². The largest absolute Gasteiger partial charge is 0.497 e. The van der Waals surface area contributed by atoms with Gasteiger partial charge >= 0.3 is 0 Å². The molecule has 2 aliphatic heterocycles. The number of nitrogens with zero attached hydrogens (tertiary/aromatic N) is 2. The van der Waals surface area contributed by atoms with Crippen molar-refractivity contribution in [3.8, 4) is 5.75 Å². The maximum atomic E-state index is 12.9. The predicted molar refractivity (Wildman–Crippen MR) is 110 cm³/mol. The minimum absolute atomic E-state index is 0.0131. The van der Waals surface area contributed by atoms with E-state index in [4.69, 9.17) is 4.74 Å². The number of hydrogen-bond donors (Lipinski definition) is 2. The predicted octanol–water partition coefficient (Wildman–Crippen LogP) is 2.58. The van der Waals surface area contributed by atoms with Crippen LogP contribution in [0, 0.1) is 6.92 Å². The van der Waals surface area contributed by atoms with Gasteiger partial charge in [-0.2, -0.15) is 0 Å². The van der Waals surface area contributed by atoms with E-state index in [0.29, 0.717) is 6.42 Å². The van der Waals surface area contributed by atoms with E-state index in [1.807, 2.05) is 66.7 Å². The molecule has 0 aliphatic carbocycles. The first-order valence-electron chi connectivity index (χ1n) is 9.57. The highest BCUT2D eigenvalue weighted by molar-refractivity contribution is 5.96. The molecule has 1 fully saturated rings. The molecule has 7 nitrogen and oxygen atoms in total. The Morgan fingerprint density at radius 2 is 1.86 bits per heavy atom. The zero-order chi connectivity index (χ0) is 20.4. The molecule has 0 spiro atoms. The number of anilines is 1. The van der Waals surface area contributed by atoms with E-state index in [0.717, 1.165) is 22.6 Å². The second-order valence-corrected chi connectivity index (χ2v) is 7.29. The smallest absolute Gasteiger partial charge is 0.251 e. The molecule has 2 amide bonds. The number of ether oxygens (including phenoxy) is 1. The fourth-order valence-electron chi connectivity index (χ4n) is 3.61. The summed E-state index contributed by atoms with van der Waals surface area (Å²) in [5.41, 5.74) is 6.28. The van der Waals surface area contributed by atoms with Crippen LogP contribution in [0.15, 0.2) is 60.9 Å². The lowest BCUT2D eigenvalue weighted by atomic mass is 10.0.